The van der Waals surface area contributed by atoms with E-state index < -0.39 is 0 Å². The predicted octanol–water partition coefficient (Wildman–Crippen LogP) is 2.35. The summed E-state index contributed by atoms with van der Waals surface area (Å²) in [5, 5.41) is 6.20. The third-order valence-corrected chi connectivity index (χ3v) is 6.18. The SMILES string of the molecule is CCOC(=O)Cn1cc(/C=N\N2C(=O)[C@@H]3[C@H](C2=O)[C@H]2C=C[C@H]3C2)c2ccccc21. The maximum Gasteiger partial charge on any atom is 0.325 e. The van der Waals surface area contributed by atoms with Crippen LogP contribution in [0.25, 0.3) is 10.9 Å². The summed E-state index contributed by atoms with van der Waals surface area (Å²) in [5.41, 5.74) is 1.60. The molecule has 148 valence electrons. The van der Waals surface area contributed by atoms with Crippen LogP contribution in [0, 0.1) is 23.7 Å². The Morgan fingerprint density at radius 2 is 1.86 bits per heavy atom. The van der Waals surface area contributed by atoms with Gasteiger partial charge >= 0.3 is 5.97 Å². The Morgan fingerprint density at radius 1 is 1.17 bits per heavy atom. The lowest BCUT2D eigenvalue weighted by Gasteiger charge is -2.13. The van der Waals surface area contributed by atoms with Gasteiger partial charge in [0.05, 0.1) is 24.7 Å². The number of ether oxygens (including phenoxy) is 1. The van der Waals surface area contributed by atoms with Gasteiger partial charge < -0.3 is 9.30 Å². The van der Waals surface area contributed by atoms with Crippen LogP contribution in [0.2, 0.25) is 0 Å². The van der Waals surface area contributed by atoms with E-state index in [4.69, 9.17) is 4.74 Å². The van der Waals surface area contributed by atoms with Gasteiger partial charge in [0, 0.05) is 22.7 Å². The highest BCUT2D eigenvalue weighted by Gasteiger charge is 2.59. The number of allylic oxidation sites excluding steroid dienone is 2. The monoisotopic (exact) mass is 391 g/mol. The van der Waals surface area contributed by atoms with E-state index in [9.17, 15) is 14.4 Å². The van der Waals surface area contributed by atoms with Crippen LogP contribution in [-0.2, 0) is 25.7 Å². The van der Waals surface area contributed by atoms with Crippen molar-refractivity contribution in [1.82, 2.24) is 9.58 Å². The summed E-state index contributed by atoms with van der Waals surface area (Å²) in [5.74, 6) is -0.940. The molecule has 7 heteroatoms. The number of imide groups is 1. The molecule has 1 saturated heterocycles. The molecular weight excluding hydrogens is 370 g/mol. The second-order valence-electron chi connectivity index (χ2n) is 7.77. The van der Waals surface area contributed by atoms with Crippen LogP contribution < -0.4 is 0 Å². The van der Waals surface area contributed by atoms with E-state index in [1.165, 1.54) is 6.21 Å². The Balaban J connectivity index is 1.43. The van der Waals surface area contributed by atoms with Gasteiger partial charge in [-0.1, -0.05) is 30.4 Å². The maximum absolute atomic E-state index is 12.8. The molecule has 1 aromatic heterocycles. The van der Waals surface area contributed by atoms with Gasteiger partial charge in [-0.25, -0.2) is 0 Å². The standard InChI is InChI=1S/C22H21N3O4/c1-2-29-18(26)12-24-11-15(16-5-3-4-6-17(16)24)10-23-25-21(27)19-13-7-8-14(9-13)20(19)22(25)28/h3-8,10-11,13-14,19-20H,2,9,12H2,1H3/b23-10-/t13-,14-,19-,20+/m0/s1. The molecule has 7 nitrogen and oxygen atoms in total. The molecule has 5 rings (SSSR count). The number of benzene rings is 1. The van der Waals surface area contributed by atoms with Crippen LogP contribution in [0.15, 0.2) is 47.7 Å². The quantitative estimate of drug-likeness (QED) is 0.339. The van der Waals surface area contributed by atoms with Crippen molar-refractivity contribution >= 4 is 34.9 Å². The molecule has 0 unspecified atom stereocenters. The third kappa shape index (κ3) is 2.72. The number of nitrogens with zero attached hydrogens (tertiary/aromatic N) is 3. The van der Waals surface area contributed by atoms with Crippen LogP contribution in [0.4, 0.5) is 0 Å². The van der Waals surface area contributed by atoms with Crippen molar-refractivity contribution in [3.05, 3.63) is 48.2 Å². The van der Waals surface area contributed by atoms with Gasteiger partial charge in [-0.05, 0) is 31.2 Å². The zero-order chi connectivity index (χ0) is 20.1. The summed E-state index contributed by atoms with van der Waals surface area (Å²) in [6.07, 6.45) is 8.35. The molecule has 2 fully saturated rings. The van der Waals surface area contributed by atoms with Gasteiger partial charge in [-0.2, -0.15) is 10.1 Å². The van der Waals surface area contributed by atoms with Crippen molar-refractivity contribution in [2.45, 2.75) is 19.9 Å². The number of aromatic nitrogens is 1. The number of hydrazone groups is 1. The first-order valence-electron chi connectivity index (χ1n) is 9.92. The van der Waals surface area contributed by atoms with E-state index in [-0.39, 0.29) is 48.0 Å². The number of amides is 2. The highest BCUT2D eigenvalue weighted by molar-refractivity contribution is 6.07. The maximum atomic E-state index is 12.8. The lowest BCUT2D eigenvalue weighted by molar-refractivity contribution is -0.144. The Kier molecular flexibility index (Phi) is 4.12. The molecule has 0 radical (unpaired) electrons. The fourth-order valence-corrected chi connectivity index (χ4v) is 4.97. The van der Waals surface area contributed by atoms with Crippen molar-refractivity contribution in [2.24, 2.45) is 28.8 Å². The molecule has 2 heterocycles. The van der Waals surface area contributed by atoms with Crippen LogP contribution in [0.5, 0.6) is 0 Å². The van der Waals surface area contributed by atoms with Gasteiger partial charge in [-0.3, -0.25) is 14.4 Å². The third-order valence-electron chi connectivity index (χ3n) is 6.18. The van der Waals surface area contributed by atoms with Gasteiger partial charge in [0.1, 0.15) is 6.54 Å². The Bertz CT molecular complexity index is 1050. The van der Waals surface area contributed by atoms with Crippen LogP contribution in [0.3, 0.4) is 0 Å². The lowest BCUT2D eigenvalue weighted by atomic mass is 9.85. The van der Waals surface area contributed by atoms with E-state index in [1.807, 2.05) is 24.3 Å². The zero-order valence-electron chi connectivity index (χ0n) is 16.0. The molecule has 0 spiro atoms. The van der Waals surface area contributed by atoms with Crippen LogP contribution in [-0.4, -0.2) is 40.2 Å². The van der Waals surface area contributed by atoms with E-state index >= 15 is 0 Å². The van der Waals surface area contributed by atoms with E-state index in [2.05, 4.69) is 17.3 Å². The number of carbonyl (C=O) groups is 3. The number of para-hydroxylation sites is 1. The van der Waals surface area contributed by atoms with E-state index in [1.54, 1.807) is 17.7 Å². The summed E-state index contributed by atoms with van der Waals surface area (Å²) in [6, 6.07) is 7.62. The van der Waals surface area contributed by atoms with Gasteiger partial charge in [0.25, 0.3) is 11.8 Å². The molecule has 2 aromatic rings. The average Bonchev–Trinajstić information content (AvgIpc) is 3.45. The summed E-state index contributed by atoms with van der Waals surface area (Å²) >= 11 is 0. The molecule has 1 aromatic carbocycles. The average molecular weight is 391 g/mol. The topological polar surface area (TPSA) is 81.0 Å². The normalized spacial score (nSPS) is 27.6. The Labute approximate surface area is 167 Å². The molecule has 4 atom stereocenters. The van der Waals surface area contributed by atoms with Crippen molar-refractivity contribution in [1.29, 1.82) is 0 Å². The number of rotatable bonds is 5. The molecule has 0 N–H and O–H groups in total. The van der Waals surface area contributed by atoms with Crippen molar-refractivity contribution in [2.75, 3.05) is 6.61 Å². The second-order valence-corrected chi connectivity index (χ2v) is 7.77. The molecule has 2 aliphatic carbocycles. The van der Waals surface area contributed by atoms with Gasteiger partial charge in [-0.15, -0.1) is 0 Å². The van der Waals surface area contributed by atoms with Crippen LogP contribution in [0.1, 0.15) is 18.9 Å². The second kappa shape index (κ2) is 6.69. The first kappa shape index (κ1) is 17.8. The van der Waals surface area contributed by atoms with E-state index in [0.29, 0.717) is 6.61 Å². The van der Waals surface area contributed by atoms with Crippen molar-refractivity contribution < 1.29 is 19.1 Å². The summed E-state index contributed by atoms with van der Waals surface area (Å²) < 4.78 is 6.84. The number of hydrogen-bond donors (Lipinski definition) is 0. The van der Waals surface area contributed by atoms with Crippen LogP contribution >= 0.6 is 0 Å². The van der Waals surface area contributed by atoms with E-state index in [0.717, 1.165) is 27.9 Å². The zero-order valence-corrected chi connectivity index (χ0v) is 16.0. The molecule has 1 aliphatic heterocycles. The summed E-state index contributed by atoms with van der Waals surface area (Å²) in [4.78, 5) is 37.5. The lowest BCUT2D eigenvalue weighted by Crippen LogP contribution is -2.28. The first-order valence-corrected chi connectivity index (χ1v) is 9.92. The molecule has 3 aliphatic rings. The fraction of sp³-hybridized carbons (Fsp3) is 0.364. The predicted molar refractivity (Wildman–Crippen MR) is 106 cm³/mol. The highest BCUT2D eigenvalue weighted by Crippen LogP contribution is 2.52. The largest absolute Gasteiger partial charge is 0.465 e. The fourth-order valence-electron chi connectivity index (χ4n) is 4.97. The molecular formula is C22H21N3O4. The van der Waals surface area contributed by atoms with Crippen molar-refractivity contribution in [3.63, 3.8) is 0 Å². The summed E-state index contributed by atoms with van der Waals surface area (Å²) in [6.45, 7) is 2.18. The smallest absolute Gasteiger partial charge is 0.325 e. The number of esters is 1. The first-order chi connectivity index (χ1) is 14.1. The molecule has 1 saturated carbocycles. The minimum atomic E-state index is -0.322. The Morgan fingerprint density at radius 3 is 2.55 bits per heavy atom. The Hall–Kier alpha value is -3.22. The molecule has 2 amide bonds. The molecule has 2 bridgehead atoms. The van der Waals surface area contributed by atoms with Gasteiger partial charge in [0.15, 0.2) is 0 Å². The minimum absolute atomic E-state index is 0.0863. The molecule has 29 heavy (non-hydrogen) atoms. The van der Waals surface area contributed by atoms with Gasteiger partial charge in [0.2, 0.25) is 0 Å². The highest BCUT2D eigenvalue weighted by atomic mass is 16.5. The minimum Gasteiger partial charge on any atom is -0.465 e. The number of carbonyl (C=O) groups excluding carboxylic acids is 3. The van der Waals surface area contributed by atoms with Crippen molar-refractivity contribution in [3.8, 4) is 0 Å². The number of fused-ring (bicyclic) bond motifs is 6. The summed E-state index contributed by atoms with van der Waals surface area (Å²) in [7, 11) is 0. The number of hydrogen-bond acceptors (Lipinski definition) is 5.